The SMILES string of the molecule is O=C(O)CN(CCN(CC(=O)O)CC(=O)N(CCNC(=O)[C@H](O)[C@H](O)[C@@H](O)CCO)CCNC(=O)[C@H](O)[C@H](O)[C@@H](O)CCO)CCN(CC(=O)O)CC(=O)N(CCNC(=O)[C@H](O)[C@H](O)[C@@H](O)CCO)CCNC(=O)[C@H](O)[C@H](O)[C@@H](O)CCO. The molecular weight excluding hydrogens is 1130 g/mol. The monoisotopic (exact) mass is 1210 g/mol. The Bertz CT molecular complexity index is 1760. The summed E-state index contributed by atoms with van der Waals surface area (Å²) in [7, 11) is 0. The number of amides is 6. The van der Waals surface area contributed by atoms with E-state index in [9.17, 15) is 120 Å². The lowest BCUT2D eigenvalue weighted by molar-refractivity contribution is -0.143. The van der Waals surface area contributed by atoms with Crippen LogP contribution in [0.15, 0.2) is 0 Å². The maximum atomic E-state index is 13.8. The first-order valence-electron chi connectivity index (χ1n) is 26.1. The number of carbonyl (C=O) groups is 9. The molecule has 0 spiro atoms. The second-order valence-corrected chi connectivity index (χ2v) is 18.9. The Kier molecular flexibility index (Phi) is 39.5. The van der Waals surface area contributed by atoms with Crippen LogP contribution in [0.2, 0.25) is 0 Å². The van der Waals surface area contributed by atoms with Crippen molar-refractivity contribution in [2.75, 3.05) is 138 Å². The van der Waals surface area contributed by atoms with Gasteiger partial charge < -0.3 is 128 Å². The average molecular weight is 1210 g/mol. The van der Waals surface area contributed by atoms with Gasteiger partial charge in [0.2, 0.25) is 11.8 Å². The van der Waals surface area contributed by atoms with Crippen molar-refractivity contribution in [3.63, 3.8) is 0 Å². The molecule has 0 unspecified atom stereocenters. The minimum Gasteiger partial charge on any atom is -0.480 e. The van der Waals surface area contributed by atoms with E-state index in [1.54, 1.807) is 0 Å². The molecule has 0 aliphatic heterocycles. The Hall–Kier alpha value is -5.53. The number of carboxylic acids is 3. The van der Waals surface area contributed by atoms with E-state index in [-0.39, 0.29) is 13.1 Å². The zero-order valence-corrected chi connectivity index (χ0v) is 45.5. The summed E-state index contributed by atoms with van der Waals surface area (Å²) in [5, 5.41) is 195. The quantitative estimate of drug-likeness (QED) is 0.0269. The highest BCUT2D eigenvalue weighted by molar-refractivity contribution is 5.84. The summed E-state index contributed by atoms with van der Waals surface area (Å²) in [6.07, 6.45) is -25.7. The predicted octanol–water partition coefficient (Wildman–Crippen LogP) is -14.9. The van der Waals surface area contributed by atoms with Gasteiger partial charge in [-0.1, -0.05) is 0 Å². The minimum absolute atomic E-state index is 0.362. The maximum absolute atomic E-state index is 13.8. The highest BCUT2D eigenvalue weighted by atomic mass is 16.4. The zero-order valence-electron chi connectivity index (χ0n) is 45.5. The molecule has 0 saturated carbocycles. The lowest BCUT2D eigenvalue weighted by Crippen LogP contribution is -2.52. The Balaban J connectivity index is 6.53. The number of hydrogen-bond donors (Lipinski definition) is 23. The van der Waals surface area contributed by atoms with Gasteiger partial charge in [-0.3, -0.25) is 57.9 Å². The van der Waals surface area contributed by atoms with E-state index in [0.29, 0.717) is 0 Å². The molecule has 37 heteroatoms. The van der Waals surface area contributed by atoms with Crippen LogP contribution in [0, 0.1) is 0 Å². The largest absolute Gasteiger partial charge is 0.480 e. The molecule has 0 heterocycles. The normalized spacial score (nSPS) is 16.0. The van der Waals surface area contributed by atoms with Gasteiger partial charge in [-0.05, 0) is 25.7 Å². The summed E-state index contributed by atoms with van der Waals surface area (Å²) >= 11 is 0. The van der Waals surface area contributed by atoms with Crippen LogP contribution in [-0.4, -0.2) is 386 Å². The second kappa shape index (κ2) is 42.3. The Morgan fingerprint density at radius 3 is 0.711 bits per heavy atom. The van der Waals surface area contributed by atoms with Crippen molar-refractivity contribution in [3.05, 3.63) is 0 Å². The molecule has 0 aromatic carbocycles. The lowest BCUT2D eigenvalue weighted by atomic mass is 10.1. The molecule has 0 aliphatic carbocycles. The Labute approximate surface area is 475 Å². The molecule has 0 saturated heterocycles. The fraction of sp³-hybridized carbons (Fsp3) is 0.804. The predicted molar refractivity (Wildman–Crippen MR) is 276 cm³/mol. The number of aliphatic hydroxyl groups is 16. The zero-order chi connectivity index (χ0) is 63.5. The van der Waals surface area contributed by atoms with Gasteiger partial charge in [0.05, 0.1) is 57.1 Å². The second-order valence-electron chi connectivity index (χ2n) is 18.9. The summed E-state index contributed by atoms with van der Waals surface area (Å²) in [6, 6.07) is 0. The lowest BCUT2D eigenvalue weighted by Gasteiger charge is -2.31. The van der Waals surface area contributed by atoms with E-state index < -0.39 is 277 Å². The molecule has 0 rings (SSSR count). The molecular formula is C46H85N9O28. The first-order chi connectivity index (χ1) is 39.0. The van der Waals surface area contributed by atoms with Crippen molar-refractivity contribution in [3.8, 4) is 0 Å². The van der Waals surface area contributed by atoms with Crippen LogP contribution in [0.1, 0.15) is 25.7 Å². The molecule has 0 aromatic heterocycles. The van der Waals surface area contributed by atoms with E-state index in [2.05, 4.69) is 21.3 Å². The maximum Gasteiger partial charge on any atom is 0.317 e. The summed E-state index contributed by atoms with van der Waals surface area (Å²) in [6.45, 7) is -11.9. The van der Waals surface area contributed by atoms with Crippen molar-refractivity contribution >= 4 is 53.4 Å². The Morgan fingerprint density at radius 1 is 0.301 bits per heavy atom. The average Bonchev–Trinajstić information content (AvgIpc) is 3.43. The van der Waals surface area contributed by atoms with E-state index in [4.69, 9.17) is 20.4 Å². The van der Waals surface area contributed by atoms with Crippen molar-refractivity contribution in [1.82, 2.24) is 45.8 Å². The molecule has 0 aliphatic rings. The molecule has 23 N–H and O–H groups in total. The third-order valence-electron chi connectivity index (χ3n) is 12.3. The van der Waals surface area contributed by atoms with Crippen LogP contribution in [0.25, 0.3) is 0 Å². The standard InChI is InChI=1S/C46H85N9O28/c56-17-1-26(60)35(72)39(76)43(80)47-5-9-54(10-6-48-44(81)40(77)36(73)27(61)2-18-57)30(64)21-52(24-33(68)69)15-13-51(23-32(66)67)14-16-53(25-34(70)71)22-31(65)55(11-7-49-45(82)41(78)37(74)28(62)3-19-58)12-8-50-46(83)42(79)38(75)29(63)4-20-59/h26-29,35-42,56-63,72-79H,1-25H2,(H,47,80)(H,48,81)(H,49,82)(H,50,83)(H,66,67)(H,68,69)(H,70,71)/t26-,27-,28-,29-,35+,36+,37+,38+,39+,40+,41+,42+/m0/s1. The molecule has 0 bridgehead atoms. The van der Waals surface area contributed by atoms with Crippen molar-refractivity contribution in [2.45, 2.75) is 98.9 Å². The summed E-state index contributed by atoms with van der Waals surface area (Å²) < 4.78 is 0. The molecule has 0 radical (unpaired) electrons. The molecule has 6 amide bonds. The van der Waals surface area contributed by atoms with E-state index in [1.807, 2.05) is 0 Å². The summed E-state index contributed by atoms with van der Waals surface area (Å²) in [4.78, 5) is 119. The Morgan fingerprint density at radius 2 is 0.506 bits per heavy atom. The van der Waals surface area contributed by atoms with Crippen molar-refractivity contribution < 1.29 is 140 Å². The van der Waals surface area contributed by atoms with Crippen LogP contribution in [0.4, 0.5) is 0 Å². The number of nitrogens with zero attached hydrogens (tertiary/aromatic N) is 5. The number of aliphatic carboxylic acids is 3. The van der Waals surface area contributed by atoms with Gasteiger partial charge in [-0.15, -0.1) is 0 Å². The van der Waals surface area contributed by atoms with Crippen LogP contribution < -0.4 is 21.3 Å². The fourth-order valence-corrected chi connectivity index (χ4v) is 7.49. The van der Waals surface area contributed by atoms with Crippen LogP contribution in [0.5, 0.6) is 0 Å². The molecule has 83 heavy (non-hydrogen) atoms. The van der Waals surface area contributed by atoms with Gasteiger partial charge in [-0.25, -0.2) is 0 Å². The first-order valence-corrected chi connectivity index (χ1v) is 26.1. The summed E-state index contributed by atoms with van der Waals surface area (Å²) in [5.74, 6) is -11.2. The van der Waals surface area contributed by atoms with E-state index in [1.165, 1.54) is 4.90 Å². The number of carbonyl (C=O) groups excluding carboxylic acids is 6. The molecule has 482 valence electrons. The smallest absolute Gasteiger partial charge is 0.317 e. The van der Waals surface area contributed by atoms with E-state index in [0.717, 1.165) is 19.6 Å². The third kappa shape index (κ3) is 31.3. The van der Waals surface area contributed by atoms with Gasteiger partial charge >= 0.3 is 17.9 Å². The molecule has 0 fully saturated rings. The van der Waals surface area contributed by atoms with Crippen LogP contribution in [0.3, 0.4) is 0 Å². The van der Waals surface area contributed by atoms with Gasteiger partial charge in [-0.2, -0.15) is 0 Å². The van der Waals surface area contributed by atoms with Gasteiger partial charge in [0.25, 0.3) is 23.6 Å². The van der Waals surface area contributed by atoms with Crippen LogP contribution in [-0.2, 0) is 43.2 Å². The minimum atomic E-state index is -2.23. The van der Waals surface area contributed by atoms with Gasteiger partial charge in [0.15, 0.2) is 24.4 Å². The van der Waals surface area contributed by atoms with Crippen molar-refractivity contribution in [1.29, 1.82) is 0 Å². The van der Waals surface area contributed by atoms with Gasteiger partial charge in [0, 0.05) is 105 Å². The molecule has 12 atom stereocenters. The third-order valence-corrected chi connectivity index (χ3v) is 12.3. The number of nitrogens with one attached hydrogen (secondary N) is 4. The highest BCUT2D eigenvalue weighted by Gasteiger charge is 2.34. The molecule has 0 aromatic rings. The number of hydrogen-bond acceptors (Lipinski definition) is 28. The number of aliphatic hydroxyl groups excluding tert-OH is 16. The highest BCUT2D eigenvalue weighted by Crippen LogP contribution is 2.09. The molecule has 37 nitrogen and oxygen atoms in total. The first kappa shape index (κ1) is 77.5. The number of rotatable bonds is 48. The number of carboxylic acid groups (broad SMARTS) is 3. The fourth-order valence-electron chi connectivity index (χ4n) is 7.49. The van der Waals surface area contributed by atoms with Gasteiger partial charge in [0.1, 0.15) is 24.4 Å². The van der Waals surface area contributed by atoms with Crippen molar-refractivity contribution in [2.24, 2.45) is 0 Å². The topological polar surface area (TPSA) is 602 Å². The van der Waals surface area contributed by atoms with E-state index >= 15 is 0 Å². The van der Waals surface area contributed by atoms with Crippen LogP contribution >= 0.6 is 0 Å². The summed E-state index contributed by atoms with van der Waals surface area (Å²) in [5.41, 5.74) is 0.